The van der Waals surface area contributed by atoms with E-state index in [1.165, 1.54) is 30.6 Å². The second-order valence-electron chi connectivity index (χ2n) is 4.31. The first-order chi connectivity index (χ1) is 6.38. The smallest absolute Gasteiger partial charge is 0.00806 e. The van der Waals surface area contributed by atoms with E-state index in [1.54, 1.807) is 10.4 Å². The van der Waals surface area contributed by atoms with Crippen LogP contribution in [0.5, 0.6) is 0 Å². The average molecular weight is 191 g/mol. The van der Waals surface area contributed by atoms with Crippen molar-refractivity contribution in [2.75, 3.05) is 0 Å². The summed E-state index contributed by atoms with van der Waals surface area (Å²) in [4.78, 5) is 3.22. The molecular formula is C12H15S-. The topological polar surface area (TPSA) is 0 Å². The van der Waals surface area contributed by atoms with Crippen LogP contribution in [-0.2, 0) is 0 Å². The van der Waals surface area contributed by atoms with Gasteiger partial charge < -0.3 is 0 Å². The fraction of sp³-hybridized carbons (Fsp3) is 0.583. The maximum absolute atomic E-state index is 2.44. The largest absolute Gasteiger partial charge is 0.216 e. The van der Waals surface area contributed by atoms with E-state index in [1.807, 2.05) is 11.3 Å². The molecule has 1 fully saturated rings. The van der Waals surface area contributed by atoms with Gasteiger partial charge in [0.15, 0.2) is 0 Å². The van der Waals surface area contributed by atoms with Crippen LogP contribution in [0.25, 0.3) is 0 Å². The molecule has 0 amide bonds. The van der Waals surface area contributed by atoms with Crippen LogP contribution in [0.1, 0.15) is 59.8 Å². The van der Waals surface area contributed by atoms with E-state index in [2.05, 4.69) is 19.4 Å². The Hall–Kier alpha value is -0.430. The first-order valence-electron chi connectivity index (χ1n) is 5.31. The van der Waals surface area contributed by atoms with Crippen LogP contribution in [0.3, 0.4) is 0 Å². The van der Waals surface area contributed by atoms with Gasteiger partial charge in [-0.05, 0) is 42.4 Å². The van der Waals surface area contributed by atoms with Crippen LogP contribution < -0.4 is 0 Å². The highest BCUT2D eigenvalue weighted by molar-refractivity contribution is 7.12. The minimum Gasteiger partial charge on any atom is -0.216 e. The predicted octanol–water partition coefficient (Wildman–Crippen LogP) is 4.08. The molecule has 1 aromatic rings. The Morgan fingerprint density at radius 1 is 1.23 bits per heavy atom. The van der Waals surface area contributed by atoms with Crippen molar-refractivity contribution in [1.82, 2.24) is 0 Å². The van der Waals surface area contributed by atoms with Crippen molar-refractivity contribution in [3.05, 3.63) is 27.8 Å². The number of thiophene rings is 1. The minimum atomic E-state index is 0.921. The van der Waals surface area contributed by atoms with Gasteiger partial charge in [0.1, 0.15) is 0 Å². The lowest BCUT2D eigenvalue weighted by molar-refractivity contribution is 0.365. The third-order valence-corrected chi connectivity index (χ3v) is 5.01. The van der Waals surface area contributed by atoms with Crippen LogP contribution in [-0.4, -0.2) is 0 Å². The van der Waals surface area contributed by atoms with Crippen molar-refractivity contribution in [3.63, 3.8) is 0 Å². The highest BCUT2D eigenvalue weighted by atomic mass is 32.1. The SMILES string of the molecule is C[CH-]c1cc2c(s1)C1CCC2CC1. The fourth-order valence-corrected chi connectivity index (χ4v) is 4.19. The molecule has 0 atom stereocenters. The molecule has 0 radical (unpaired) electrons. The van der Waals surface area contributed by atoms with Gasteiger partial charge in [0.25, 0.3) is 0 Å². The molecule has 1 saturated carbocycles. The van der Waals surface area contributed by atoms with Crippen LogP contribution in [0.2, 0.25) is 0 Å². The minimum absolute atomic E-state index is 0.921. The van der Waals surface area contributed by atoms with E-state index >= 15 is 0 Å². The Balaban J connectivity index is 2.10. The molecule has 13 heavy (non-hydrogen) atoms. The molecule has 4 rings (SSSR count). The molecule has 1 heteroatoms. The van der Waals surface area contributed by atoms with Gasteiger partial charge >= 0.3 is 0 Å². The van der Waals surface area contributed by atoms with Crippen LogP contribution in [0.15, 0.2) is 6.07 Å². The molecule has 0 saturated heterocycles. The number of hydrogen-bond donors (Lipinski definition) is 0. The molecule has 0 spiro atoms. The second kappa shape index (κ2) is 2.78. The van der Waals surface area contributed by atoms with Gasteiger partial charge in [0.2, 0.25) is 0 Å². The summed E-state index contributed by atoms with van der Waals surface area (Å²) in [5.41, 5.74) is 1.71. The Morgan fingerprint density at radius 3 is 2.54 bits per heavy atom. The third kappa shape index (κ3) is 1.06. The summed E-state index contributed by atoms with van der Waals surface area (Å²) in [5.74, 6) is 1.85. The van der Waals surface area contributed by atoms with Crippen molar-refractivity contribution in [2.24, 2.45) is 0 Å². The Bertz CT molecular complexity index is 286. The highest BCUT2D eigenvalue weighted by Crippen LogP contribution is 2.52. The normalized spacial score (nSPS) is 30.2. The summed E-state index contributed by atoms with van der Waals surface area (Å²) in [6.07, 6.45) is 8.08. The molecule has 0 aliphatic heterocycles. The van der Waals surface area contributed by atoms with E-state index in [4.69, 9.17) is 0 Å². The summed E-state index contributed by atoms with van der Waals surface area (Å²) in [6.45, 7) is 2.15. The first-order valence-corrected chi connectivity index (χ1v) is 6.13. The average Bonchev–Trinajstić information content (AvgIpc) is 2.64. The van der Waals surface area contributed by atoms with Crippen LogP contribution in [0, 0.1) is 6.42 Å². The maximum atomic E-state index is 2.44. The van der Waals surface area contributed by atoms with Crippen LogP contribution >= 0.6 is 11.3 Å². The molecule has 0 aromatic carbocycles. The molecule has 0 N–H and O–H groups in total. The molecule has 0 unspecified atom stereocenters. The number of fused-ring (bicyclic) bond motifs is 2. The van der Waals surface area contributed by atoms with Crippen molar-refractivity contribution >= 4 is 11.3 Å². The monoisotopic (exact) mass is 191 g/mol. The maximum Gasteiger partial charge on any atom is -0.00806 e. The van der Waals surface area contributed by atoms with Gasteiger partial charge in [-0.15, -0.1) is 17.4 Å². The number of hydrogen-bond acceptors (Lipinski definition) is 1. The zero-order chi connectivity index (χ0) is 8.84. The fourth-order valence-electron chi connectivity index (χ4n) is 2.89. The molecule has 0 nitrogen and oxygen atoms in total. The lowest BCUT2D eigenvalue weighted by Gasteiger charge is -2.37. The second-order valence-corrected chi connectivity index (χ2v) is 5.42. The van der Waals surface area contributed by atoms with Gasteiger partial charge in [0.05, 0.1) is 0 Å². The standard InChI is InChI=1S/C12H15S/c1-2-10-7-11-8-3-5-9(6-4-8)12(11)13-10/h2,7-9H,3-6H2,1H3/q-1. The molecule has 70 valence electrons. The van der Waals surface area contributed by atoms with Gasteiger partial charge in [-0.1, -0.05) is 0 Å². The molecule has 3 aliphatic rings. The summed E-state index contributed by atoms with van der Waals surface area (Å²) >= 11 is 2.04. The van der Waals surface area contributed by atoms with Crippen molar-refractivity contribution < 1.29 is 0 Å². The van der Waals surface area contributed by atoms with E-state index in [0.29, 0.717) is 0 Å². The zero-order valence-electron chi connectivity index (χ0n) is 8.05. The first kappa shape index (κ1) is 7.93. The van der Waals surface area contributed by atoms with Crippen molar-refractivity contribution in [3.8, 4) is 0 Å². The Morgan fingerprint density at radius 2 is 1.92 bits per heavy atom. The van der Waals surface area contributed by atoms with Crippen molar-refractivity contribution in [1.29, 1.82) is 0 Å². The third-order valence-electron chi connectivity index (χ3n) is 3.63. The Labute approximate surface area is 84.0 Å². The molecule has 1 aromatic heterocycles. The lowest BCUT2D eigenvalue weighted by Crippen LogP contribution is -2.19. The van der Waals surface area contributed by atoms with Gasteiger partial charge in [-0.3, -0.25) is 0 Å². The van der Waals surface area contributed by atoms with E-state index < -0.39 is 0 Å². The van der Waals surface area contributed by atoms with Gasteiger partial charge in [0, 0.05) is 0 Å². The van der Waals surface area contributed by atoms with Gasteiger partial charge in [-0.25, -0.2) is 6.42 Å². The van der Waals surface area contributed by atoms with Crippen LogP contribution in [0.4, 0.5) is 0 Å². The molecule has 1 heterocycles. The summed E-state index contributed by atoms with van der Waals surface area (Å²) in [7, 11) is 0. The summed E-state index contributed by atoms with van der Waals surface area (Å²) in [6, 6.07) is 2.44. The van der Waals surface area contributed by atoms with E-state index in [0.717, 1.165) is 11.8 Å². The molecule has 2 bridgehead atoms. The Kier molecular flexibility index (Phi) is 1.69. The molecular weight excluding hydrogens is 176 g/mol. The predicted molar refractivity (Wildman–Crippen MR) is 57.3 cm³/mol. The lowest BCUT2D eigenvalue weighted by atomic mass is 9.71. The van der Waals surface area contributed by atoms with Gasteiger partial charge in [-0.2, -0.15) is 17.4 Å². The summed E-state index contributed by atoms with van der Waals surface area (Å²) in [5, 5.41) is 0. The summed E-state index contributed by atoms with van der Waals surface area (Å²) < 4.78 is 0. The quantitative estimate of drug-likeness (QED) is 0.587. The molecule has 3 aliphatic carbocycles. The zero-order valence-corrected chi connectivity index (χ0v) is 8.86. The highest BCUT2D eigenvalue weighted by Gasteiger charge is 2.31. The number of rotatable bonds is 1. The van der Waals surface area contributed by atoms with E-state index in [-0.39, 0.29) is 0 Å². The van der Waals surface area contributed by atoms with E-state index in [9.17, 15) is 0 Å². The van der Waals surface area contributed by atoms with Crippen molar-refractivity contribution in [2.45, 2.75) is 44.4 Å².